The summed E-state index contributed by atoms with van der Waals surface area (Å²) in [5.41, 5.74) is 4.09. The molecule has 3 rings (SSSR count). The lowest BCUT2D eigenvalue weighted by atomic mass is 10.1. The van der Waals surface area contributed by atoms with E-state index in [2.05, 4.69) is 22.2 Å². The van der Waals surface area contributed by atoms with Gasteiger partial charge in [-0.1, -0.05) is 17.7 Å². The molecule has 106 valence electrons. The molecule has 0 amide bonds. The number of benzene rings is 1. The van der Waals surface area contributed by atoms with E-state index in [0.717, 1.165) is 27.7 Å². The van der Waals surface area contributed by atoms with Crippen molar-refractivity contribution in [1.82, 2.24) is 9.97 Å². The Hall–Kier alpha value is -2.13. The Morgan fingerprint density at radius 2 is 2.00 bits per heavy atom. The number of nitrogens with zero attached hydrogens (tertiary/aromatic N) is 2. The first kappa shape index (κ1) is 13.8. The zero-order valence-electron chi connectivity index (χ0n) is 12.0. The zero-order chi connectivity index (χ0) is 14.8. The lowest BCUT2D eigenvalue weighted by Gasteiger charge is -2.19. The van der Waals surface area contributed by atoms with Crippen LogP contribution < -0.4 is 5.32 Å². The molecule has 1 aromatic carbocycles. The van der Waals surface area contributed by atoms with Crippen LogP contribution >= 0.6 is 11.6 Å². The third kappa shape index (κ3) is 2.69. The second-order valence-corrected chi connectivity index (χ2v) is 5.51. The van der Waals surface area contributed by atoms with Gasteiger partial charge in [-0.2, -0.15) is 0 Å². The molecule has 3 nitrogen and oxygen atoms in total. The van der Waals surface area contributed by atoms with Crippen molar-refractivity contribution in [1.29, 1.82) is 0 Å². The molecule has 21 heavy (non-hydrogen) atoms. The van der Waals surface area contributed by atoms with Crippen molar-refractivity contribution in [3.05, 3.63) is 65.1 Å². The highest BCUT2D eigenvalue weighted by atomic mass is 35.5. The number of hydrogen-bond acceptors (Lipinski definition) is 3. The van der Waals surface area contributed by atoms with E-state index >= 15 is 0 Å². The Labute approximate surface area is 129 Å². The van der Waals surface area contributed by atoms with Crippen LogP contribution in [0.3, 0.4) is 0 Å². The van der Waals surface area contributed by atoms with Gasteiger partial charge in [-0.25, -0.2) is 0 Å². The van der Waals surface area contributed by atoms with E-state index in [1.165, 1.54) is 0 Å². The third-order valence-corrected chi connectivity index (χ3v) is 3.88. The highest BCUT2D eigenvalue weighted by Gasteiger charge is 2.13. The highest BCUT2D eigenvalue weighted by molar-refractivity contribution is 6.35. The molecule has 1 N–H and O–H groups in total. The van der Waals surface area contributed by atoms with E-state index in [0.29, 0.717) is 5.02 Å². The van der Waals surface area contributed by atoms with Gasteiger partial charge in [0.15, 0.2) is 0 Å². The molecule has 0 saturated carbocycles. The predicted octanol–water partition coefficient (Wildman–Crippen LogP) is 4.76. The largest absolute Gasteiger partial charge is 0.377 e. The fourth-order valence-electron chi connectivity index (χ4n) is 2.46. The summed E-state index contributed by atoms with van der Waals surface area (Å²) in [5.74, 6) is 0. The minimum Gasteiger partial charge on any atom is -0.377 e. The number of aromatic nitrogens is 2. The average molecular weight is 298 g/mol. The lowest BCUT2D eigenvalue weighted by molar-refractivity contribution is 0.877. The first-order chi connectivity index (χ1) is 10.2. The fraction of sp³-hybridized carbons (Fsp3) is 0.176. The van der Waals surface area contributed by atoms with Gasteiger partial charge in [0.2, 0.25) is 0 Å². The molecule has 0 spiro atoms. The summed E-state index contributed by atoms with van der Waals surface area (Å²) in [6.07, 6.45) is 5.44. The van der Waals surface area contributed by atoms with Crippen LogP contribution in [0, 0.1) is 6.92 Å². The average Bonchev–Trinajstić information content (AvgIpc) is 2.52. The van der Waals surface area contributed by atoms with Crippen LogP contribution in [-0.2, 0) is 0 Å². The Balaban J connectivity index is 2.05. The summed E-state index contributed by atoms with van der Waals surface area (Å²) in [4.78, 5) is 8.61. The summed E-state index contributed by atoms with van der Waals surface area (Å²) in [6, 6.07) is 10.0. The van der Waals surface area contributed by atoms with Crippen LogP contribution in [0.4, 0.5) is 5.69 Å². The van der Waals surface area contributed by atoms with Gasteiger partial charge in [0.05, 0.1) is 22.3 Å². The summed E-state index contributed by atoms with van der Waals surface area (Å²) < 4.78 is 0. The molecule has 2 aromatic heterocycles. The Morgan fingerprint density at radius 1 is 1.19 bits per heavy atom. The molecule has 0 bridgehead atoms. The minimum absolute atomic E-state index is 0.113. The fourth-order valence-corrected chi connectivity index (χ4v) is 2.78. The van der Waals surface area contributed by atoms with Crippen molar-refractivity contribution < 1.29 is 0 Å². The van der Waals surface area contributed by atoms with Gasteiger partial charge in [0.1, 0.15) is 0 Å². The van der Waals surface area contributed by atoms with E-state index in [1.54, 1.807) is 12.4 Å². The Morgan fingerprint density at radius 3 is 2.76 bits per heavy atom. The van der Waals surface area contributed by atoms with Gasteiger partial charge in [-0.05, 0) is 49.2 Å². The number of halogens is 1. The van der Waals surface area contributed by atoms with Crippen molar-refractivity contribution in [2.45, 2.75) is 19.9 Å². The molecule has 0 aliphatic carbocycles. The monoisotopic (exact) mass is 297 g/mol. The van der Waals surface area contributed by atoms with Crippen LogP contribution in [0.25, 0.3) is 10.9 Å². The summed E-state index contributed by atoms with van der Waals surface area (Å²) in [6.45, 7) is 4.12. The standard InChI is InChI=1S/C17H16ClN3/c1-11-9-15(18)17(14-6-4-8-20-16(11)14)21-12(2)13-5-3-7-19-10-13/h3-10,12,21H,1-2H3. The maximum Gasteiger partial charge on any atom is 0.0752 e. The van der Waals surface area contributed by atoms with Gasteiger partial charge in [-0.3, -0.25) is 9.97 Å². The quantitative estimate of drug-likeness (QED) is 0.757. The highest BCUT2D eigenvalue weighted by Crippen LogP contribution is 2.34. The molecule has 1 unspecified atom stereocenters. The van der Waals surface area contributed by atoms with Crippen molar-refractivity contribution in [2.24, 2.45) is 0 Å². The van der Waals surface area contributed by atoms with Crippen LogP contribution in [-0.4, -0.2) is 9.97 Å². The van der Waals surface area contributed by atoms with Crippen LogP contribution in [0.1, 0.15) is 24.1 Å². The van der Waals surface area contributed by atoms with E-state index in [1.807, 2.05) is 43.5 Å². The van der Waals surface area contributed by atoms with Gasteiger partial charge in [0.25, 0.3) is 0 Å². The number of rotatable bonds is 3. The predicted molar refractivity (Wildman–Crippen MR) is 87.8 cm³/mol. The van der Waals surface area contributed by atoms with Crippen molar-refractivity contribution in [3.63, 3.8) is 0 Å². The summed E-state index contributed by atoms with van der Waals surface area (Å²) in [7, 11) is 0. The van der Waals surface area contributed by atoms with Crippen LogP contribution in [0.5, 0.6) is 0 Å². The van der Waals surface area contributed by atoms with Crippen molar-refractivity contribution in [2.75, 3.05) is 5.32 Å². The lowest BCUT2D eigenvalue weighted by Crippen LogP contribution is -2.08. The third-order valence-electron chi connectivity index (χ3n) is 3.58. The van der Waals surface area contributed by atoms with Gasteiger partial charge in [-0.15, -0.1) is 0 Å². The van der Waals surface area contributed by atoms with E-state index < -0.39 is 0 Å². The van der Waals surface area contributed by atoms with Crippen LogP contribution in [0.15, 0.2) is 48.9 Å². The summed E-state index contributed by atoms with van der Waals surface area (Å²) in [5, 5.41) is 5.24. The molecule has 0 saturated heterocycles. The molecule has 4 heteroatoms. The molecular weight excluding hydrogens is 282 g/mol. The molecule has 3 aromatic rings. The van der Waals surface area contributed by atoms with Crippen molar-refractivity contribution in [3.8, 4) is 0 Å². The first-order valence-corrected chi connectivity index (χ1v) is 7.25. The minimum atomic E-state index is 0.113. The second kappa shape index (κ2) is 5.70. The number of nitrogens with one attached hydrogen (secondary N) is 1. The SMILES string of the molecule is Cc1cc(Cl)c(NC(C)c2cccnc2)c2cccnc12. The molecule has 0 radical (unpaired) electrons. The van der Waals surface area contributed by atoms with Gasteiger partial charge in [0, 0.05) is 24.0 Å². The number of aryl methyl sites for hydroxylation is 1. The maximum atomic E-state index is 6.43. The van der Waals surface area contributed by atoms with E-state index in [9.17, 15) is 0 Å². The first-order valence-electron chi connectivity index (χ1n) is 6.87. The Kier molecular flexibility index (Phi) is 3.76. The van der Waals surface area contributed by atoms with Crippen molar-refractivity contribution >= 4 is 28.2 Å². The number of fused-ring (bicyclic) bond motifs is 1. The molecule has 0 aliphatic heterocycles. The van der Waals surface area contributed by atoms with Gasteiger partial charge >= 0.3 is 0 Å². The zero-order valence-corrected chi connectivity index (χ0v) is 12.7. The molecule has 0 aliphatic rings. The molecule has 2 heterocycles. The van der Waals surface area contributed by atoms with E-state index in [4.69, 9.17) is 11.6 Å². The molecule has 1 atom stereocenters. The smallest absolute Gasteiger partial charge is 0.0752 e. The summed E-state index contributed by atoms with van der Waals surface area (Å²) >= 11 is 6.43. The maximum absolute atomic E-state index is 6.43. The second-order valence-electron chi connectivity index (χ2n) is 5.10. The number of anilines is 1. The Bertz CT molecular complexity index is 772. The number of hydrogen-bond donors (Lipinski definition) is 1. The van der Waals surface area contributed by atoms with Crippen LogP contribution in [0.2, 0.25) is 5.02 Å². The molecular formula is C17H16ClN3. The topological polar surface area (TPSA) is 37.8 Å². The number of pyridine rings is 2. The van der Waals surface area contributed by atoms with E-state index in [-0.39, 0.29) is 6.04 Å². The molecule has 0 fully saturated rings. The van der Waals surface area contributed by atoms with Gasteiger partial charge < -0.3 is 5.32 Å². The normalized spacial score (nSPS) is 12.3.